The third-order valence-corrected chi connectivity index (χ3v) is 5.38. The Kier molecular flexibility index (Phi) is 5.20. The molecule has 0 aromatic carbocycles. The van der Waals surface area contributed by atoms with Gasteiger partial charge in [-0.15, -0.1) is 0 Å². The number of sulfone groups is 1. The smallest absolute Gasteiger partial charge is 0.324 e. The molecule has 0 spiro atoms. The molecule has 0 aliphatic rings. The van der Waals surface area contributed by atoms with Crippen LogP contribution >= 0.6 is 0 Å². The van der Waals surface area contributed by atoms with E-state index >= 15 is 0 Å². The molecule has 0 bridgehead atoms. The number of aromatic nitrogens is 4. The lowest BCUT2D eigenvalue weighted by Gasteiger charge is -2.12. The van der Waals surface area contributed by atoms with E-state index in [1.165, 1.54) is 14.1 Å². The molecular weight excluding hydrogens is 365 g/mol. The predicted octanol–water partition coefficient (Wildman–Crippen LogP) is -0.0346. The van der Waals surface area contributed by atoms with Crippen molar-refractivity contribution in [3.63, 3.8) is 0 Å². The maximum absolute atomic E-state index is 13.6. The van der Waals surface area contributed by atoms with E-state index < -0.39 is 45.1 Å². The molecule has 2 unspecified atom stereocenters. The van der Waals surface area contributed by atoms with Crippen LogP contribution in [0.3, 0.4) is 0 Å². The van der Waals surface area contributed by atoms with Crippen molar-refractivity contribution in [2.45, 2.75) is 18.2 Å². The van der Waals surface area contributed by atoms with E-state index in [4.69, 9.17) is 0 Å². The van der Waals surface area contributed by atoms with Crippen LogP contribution in [0.4, 0.5) is 13.2 Å². The summed E-state index contributed by atoms with van der Waals surface area (Å²) >= 11 is 0. The fourth-order valence-electron chi connectivity index (χ4n) is 2.26. The second-order valence-corrected chi connectivity index (χ2v) is 7.48. The Labute approximate surface area is 139 Å². The highest BCUT2D eigenvalue weighted by Gasteiger charge is 2.32. The number of fused-ring (bicyclic) bond motifs is 1. The molecule has 138 valence electrons. The van der Waals surface area contributed by atoms with Gasteiger partial charge < -0.3 is 4.57 Å². The highest BCUT2D eigenvalue weighted by Crippen LogP contribution is 2.15. The van der Waals surface area contributed by atoms with Gasteiger partial charge in [0.05, 0.1) is 18.4 Å². The number of allylic oxidation sites excluding steroid dienone is 1. The van der Waals surface area contributed by atoms with Gasteiger partial charge in [0.2, 0.25) is 5.50 Å². The molecule has 12 heteroatoms. The second-order valence-electron chi connectivity index (χ2n) is 5.30. The summed E-state index contributed by atoms with van der Waals surface area (Å²) in [5.41, 5.74) is -4.26. The predicted molar refractivity (Wildman–Crippen MR) is 84.0 cm³/mol. The van der Waals surface area contributed by atoms with E-state index in [0.717, 1.165) is 20.0 Å². The van der Waals surface area contributed by atoms with Gasteiger partial charge in [-0.25, -0.2) is 31.4 Å². The van der Waals surface area contributed by atoms with E-state index in [0.29, 0.717) is 0 Å². The van der Waals surface area contributed by atoms with E-state index in [1.54, 1.807) is 0 Å². The van der Waals surface area contributed by atoms with Gasteiger partial charge in [0.1, 0.15) is 0 Å². The lowest BCUT2D eigenvalue weighted by Crippen LogP contribution is -2.37. The highest BCUT2D eigenvalue weighted by atomic mass is 32.2. The number of hydrogen-bond donors (Lipinski definition) is 0. The quantitative estimate of drug-likeness (QED) is 0.701. The molecule has 2 atom stereocenters. The Morgan fingerprint density at radius 3 is 2.48 bits per heavy atom. The van der Waals surface area contributed by atoms with Crippen LogP contribution in [0.2, 0.25) is 0 Å². The van der Waals surface area contributed by atoms with Gasteiger partial charge in [-0.05, 0) is 6.08 Å². The van der Waals surface area contributed by atoms with Gasteiger partial charge in [0.15, 0.2) is 27.2 Å². The first-order valence-electron chi connectivity index (χ1n) is 6.99. The van der Waals surface area contributed by atoms with Crippen LogP contribution in [-0.4, -0.2) is 44.5 Å². The van der Waals surface area contributed by atoms with Crippen LogP contribution in [0, 0.1) is 0 Å². The first kappa shape index (κ1) is 19.0. The fourth-order valence-corrected chi connectivity index (χ4v) is 3.42. The van der Waals surface area contributed by atoms with E-state index in [9.17, 15) is 31.2 Å². The van der Waals surface area contributed by atoms with Gasteiger partial charge in [0.25, 0.3) is 5.56 Å². The van der Waals surface area contributed by atoms with Crippen molar-refractivity contribution in [3.8, 4) is 0 Å². The molecule has 0 saturated carbocycles. The average molecular weight is 380 g/mol. The van der Waals surface area contributed by atoms with E-state index in [2.05, 4.69) is 4.98 Å². The monoisotopic (exact) mass is 380 g/mol. The number of halogens is 3. The molecule has 0 aliphatic heterocycles. The summed E-state index contributed by atoms with van der Waals surface area (Å²) < 4.78 is 65.4. The molecule has 0 amide bonds. The third-order valence-electron chi connectivity index (χ3n) is 3.68. The number of nitrogens with zero attached hydrogens (tertiary/aromatic N) is 4. The van der Waals surface area contributed by atoms with Crippen molar-refractivity contribution >= 4 is 21.0 Å². The molecule has 2 aromatic heterocycles. The van der Waals surface area contributed by atoms with E-state index in [-0.39, 0.29) is 23.6 Å². The standard InChI is InChI=1S/C13H15F3N4O4S/c1-18-11-9(12(21)19(2)13(18)22)20(7-17-11)5-6-25(23,24)10(16)8(15)3-4-14/h3-4,7-8,10H,5-6H2,1-2H3. The summed E-state index contributed by atoms with van der Waals surface area (Å²) in [5, 5.41) is 0. The Morgan fingerprint density at radius 2 is 1.88 bits per heavy atom. The molecule has 2 aromatic rings. The summed E-state index contributed by atoms with van der Waals surface area (Å²) in [4.78, 5) is 27.9. The Morgan fingerprint density at radius 1 is 1.24 bits per heavy atom. The van der Waals surface area contributed by atoms with Crippen molar-refractivity contribution in [1.29, 1.82) is 0 Å². The number of alkyl halides is 2. The van der Waals surface area contributed by atoms with Gasteiger partial charge in [0, 0.05) is 20.6 Å². The topological polar surface area (TPSA) is 96.0 Å². The number of hydrogen-bond acceptors (Lipinski definition) is 5. The summed E-state index contributed by atoms with van der Waals surface area (Å²) in [6, 6.07) is 0. The van der Waals surface area contributed by atoms with Crippen molar-refractivity contribution < 1.29 is 21.6 Å². The van der Waals surface area contributed by atoms with Crippen molar-refractivity contribution in [3.05, 3.63) is 39.6 Å². The molecule has 8 nitrogen and oxygen atoms in total. The zero-order chi connectivity index (χ0) is 18.9. The van der Waals surface area contributed by atoms with Crippen LogP contribution < -0.4 is 11.2 Å². The minimum atomic E-state index is -4.55. The van der Waals surface area contributed by atoms with Crippen LogP contribution in [-0.2, 0) is 30.5 Å². The molecule has 0 radical (unpaired) electrons. The minimum absolute atomic E-state index is 0.0334. The SMILES string of the molecule is Cn1c(=O)c2c(ncn2CCS(=O)(=O)C(F)C(F)C=CF)n(C)c1=O. The normalized spacial score (nSPS) is 15.1. The van der Waals surface area contributed by atoms with Crippen LogP contribution in [0.5, 0.6) is 0 Å². The van der Waals surface area contributed by atoms with Gasteiger partial charge in [-0.2, -0.15) is 0 Å². The van der Waals surface area contributed by atoms with Crippen molar-refractivity contribution in [1.82, 2.24) is 18.7 Å². The van der Waals surface area contributed by atoms with E-state index in [1.807, 2.05) is 0 Å². The second kappa shape index (κ2) is 6.86. The van der Waals surface area contributed by atoms with Crippen LogP contribution in [0.25, 0.3) is 11.2 Å². The maximum atomic E-state index is 13.6. The summed E-state index contributed by atoms with van der Waals surface area (Å²) in [5.74, 6) is -0.841. The lowest BCUT2D eigenvalue weighted by molar-refractivity contribution is 0.267. The average Bonchev–Trinajstić information content (AvgIpc) is 3.00. The molecule has 25 heavy (non-hydrogen) atoms. The molecule has 0 N–H and O–H groups in total. The van der Waals surface area contributed by atoms with Crippen molar-refractivity contribution in [2.75, 3.05) is 5.75 Å². The maximum Gasteiger partial charge on any atom is 0.332 e. The third kappa shape index (κ3) is 3.38. The van der Waals surface area contributed by atoms with Crippen molar-refractivity contribution in [2.24, 2.45) is 14.1 Å². The molecular formula is C13H15F3N4O4S. The molecule has 0 saturated heterocycles. The zero-order valence-electron chi connectivity index (χ0n) is 13.3. The lowest BCUT2D eigenvalue weighted by atomic mass is 10.4. The summed E-state index contributed by atoms with van der Waals surface area (Å²) in [7, 11) is -1.93. The Bertz CT molecular complexity index is 1040. The number of aryl methyl sites for hydroxylation is 2. The Balaban J connectivity index is 2.37. The Hall–Kier alpha value is -2.37. The summed E-state index contributed by atoms with van der Waals surface area (Å²) in [6.07, 6.45) is -1.63. The molecule has 2 rings (SSSR count). The fraction of sp³-hybridized carbons (Fsp3) is 0.462. The van der Waals surface area contributed by atoms with Gasteiger partial charge in [-0.1, -0.05) is 0 Å². The van der Waals surface area contributed by atoms with Crippen LogP contribution in [0.15, 0.2) is 28.3 Å². The van der Waals surface area contributed by atoms with Gasteiger partial charge >= 0.3 is 5.69 Å². The molecule has 0 fully saturated rings. The first-order chi connectivity index (χ1) is 11.6. The van der Waals surface area contributed by atoms with Crippen LogP contribution in [0.1, 0.15) is 0 Å². The van der Waals surface area contributed by atoms with Gasteiger partial charge in [-0.3, -0.25) is 13.9 Å². The number of imidazole rings is 1. The zero-order valence-corrected chi connectivity index (χ0v) is 14.1. The molecule has 0 aliphatic carbocycles. The minimum Gasteiger partial charge on any atom is -0.324 e. The largest absolute Gasteiger partial charge is 0.332 e. The highest BCUT2D eigenvalue weighted by molar-refractivity contribution is 7.91. The summed E-state index contributed by atoms with van der Waals surface area (Å²) in [6.45, 7) is -0.390. The molecule has 2 heterocycles. The number of rotatable bonds is 6. The first-order valence-corrected chi connectivity index (χ1v) is 8.70.